The first kappa shape index (κ1) is 21.0. The molecule has 33 heavy (non-hydrogen) atoms. The fourth-order valence-corrected chi connectivity index (χ4v) is 4.30. The van der Waals surface area contributed by atoms with Crippen LogP contribution in [0.1, 0.15) is 17.3 Å². The van der Waals surface area contributed by atoms with Gasteiger partial charge in [-0.3, -0.25) is 4.79 Å². The summed E-state index contributed by atoms with van der Waals surface area (Å²) in [6.45, 7) is 1.59. The summed E-state index contributed by atoms with van der Waals surface area (Å²) in [6, 6.07) is 38.8. The Morgan fingerprint density at radius 3 is 1.82 bits per heavy atom. The molecule has 0 fully saturated rings. The predicted octanol–water partition coefficient (Wildman–Crippen LogP) is 8.33. The molecule has 5 aromatic rings. The maximum absolute atomic E-state index is 11.9. The number of hydrogen-bond donors (Lipinski definition) is 0. The Bertz CT molecular complexity index is 1400. The second kappa shape index (κ2) is 8.93. The van der Waals surface area contributed by atoms with E-state index in [2.05, 4.69) is 71.3 Å². The molecule has 0 aliphatic heterocycles. The summed E-state index contributed by atoms with van der Waals surface area (Å²) in [5.41, 5.74) is 8.30. The van der Waals surface area contributed by atoms with Gasteiger partial charge in [0.25, 0.3) is 0 Å². The van der Waals surface area contributed by atoms with Gasteiger partial charge < -0.3 is 4.57 Å². The van der Waals surface area contributed by atoms with Crippen molar-refractivity contribution in [2.45, 2.75) is 6.92 Å². The lowest BCUT2D eigenvalue weighted by atomic mass is 10.0. The molecular formula is C30H22ClNO. The normalized spacial score (nSPS) is 10.8. The van der Waals surface area contributed by atoms with E-state index >= 15 is 0 Å². The van der Waals surface area contributed by atoms with Crippen LogP contribution in [0.3, 0.4) is 0 Å². The van der Waals surface area contributed by atoms with E-state index in [0.717, 1.165) is 39.3 Å². The summed E-state index contributed by atoms with van der Waals surface area (Å²) in [5, 5.41) is 0.711. The topological polar surface area (TPSA) is 22.0 Å². The molecular weight excluding hydrogens is 426 g/mol. The fourth-order valence-electron chi connectivity index (χ4n) is 4.18. The van der Waals surface area contributed by atoms with Crippen LogP contribution in [0.4, 0.5) is 0 Å². The van der Waals surface area contributed by atoms with Crippen molar-refractivity contribution in [1.29, 1.82) is 0 Å². The Hall–Kier alpha value is -3.88. The first-order chi connectivity index (χ1) is 16.1. The second-order valence-corrected chi connectivity index (χ2v) is 8.41. The Morgan fingerprint density at radius 2 is 1.24 bits per heavy atom. The summed E-state index contributed by atoms with van der Waals surface area (Å²) in [4.78, 5) is 11.9. The zero-order valence-corrected chi connectivity index (χ0v) is 19.0. The van der Waals surface area contributed by atoms with Crippen LogP contribution in [-0.4, -0.2) is 10.4 Å². The molecule has 0 radical (unpaired) electrons. The van der Waals surface area contributed by atoms with E-state index in [0.29, 0.717) is 10.6 Å². The Balaban J connectivity index is 1.84. The highest BCUT2D eigenvalue weighted by Gasteiger charge is 2.20. The number of nitrogens with zero attached hydrogens (tertiary/aromatic N) is 1. The number of benzene rings is 4. The molecule has 4 aromatic carbocycles. The monoisotopic (exact) mass is 447 g/mol. The van der Waals surface area contributed by atoms with Crippen LogP contribution in [-0.2, 0) is 0 Å². The first-order valence-corrected chi connectivity index (χ1v) is 11.2. The molecule has 0 spiro atoms. The summed E-state index contributed by atoms with van der Waals surface area (Å²) >= 11 is 6.19. The molecule has 0 unspecified atom stereocenters. The van der Waals surface area contributed by atoms with Crippen LogP contribution in [0.2, 0.25) is 5.02 Å². The molecule has 160 valence electrons. The molecule has 2 nitrogen and oxygen atoms in total. The van der Waals surface area contributed by atoms with Crippen molar-refractivity contribution in [1.82, 2.24) is 4.57 Å². The summed E-state index contributed by atoms with van der Waals surface area (Å²) in [5.74, 6) is 0.0578. The molecule has 0 saturated carbocycles. The first-order valence-electron chi connectivity index (χ1n) is 10.9. The van der Waals surface area contributed by atoms with Gasteiger partial charge in [-0.25, -0.2) is 0 Å². The molecule has 1 heterocycles. The van der Waals surface area contributed by atoms with E-state index in [1.54, 1.807) is 6.92 Å². The van der Waals surface area contributed by atoms with Gasteiger partial charge in [0, 0.05) is 21.8 Å². The number of ketones is 1. The van der Waals surface area contributed by atoms with E-state index in [1.807, 2.05) is 48.5 Å². The van der Waals surface area contributed by atoms with Crippen LogP contribution >= 0.6 is 11.6 Å². The number of halogens is 1. The van der Waals surface area contributed by atoms with Crippen LogP contribution < -0.4 is 0 Å². The lowest BCUT2D eigenvalue weighted by molar-refractivity contribution is 0.101. The maximum atomic E-state index is 11.9. The highest BCUT2D eigenvalue weighted by Crippen LogP contribution is 2.41. The second-order valence-electron chi connectivity index (χ2n) is 7.97. The number of Topliss-reactive ketones (excluding diaryl/α,β-unsaturated/α-hetero) is 1. The third-order valence-electron chi connectivity index (χ3n) is 5.80. The fraction of sp³-hybridized carbons (Fsp3) is 0.0333. The smallest absolute Gasteiger partial charge is 0.159 e. The van der Waals surface area contributed by atoms with Crippen molar-refractivity contribution < 1.29 is 4.79 Å². The van der Waals surface area contributed by atoms with Crippen molar-refractivity contribution in [3.63, 3.8) is 0 Å². The van der Waals surface area contributed by atoms with Gasteiger partial charge in [0.1, 0.15) is 0 Å². The van der Waals surface area contributed by atoms with E-state index < -0.39 is 0 Å². The molecule has 1 aromatic heterocycles. The Labute approximate surface area is 198 Å². The van der Waals surface area contributed by atoms with Gasteiger partial charge in [0.15, 0.2) is 5.78 Å². The van der Waals surface area contributed by atoms with Crippen LogP contribution in [0.5, 0.6) is 0 Å². The molecule has 0 aliphatic carbocycles. The highest BCUT2D eigenvalue weighted by atomic mass is 35.5. The van der Waals surface area contributed by atoms with E-state index in [9.17, 15) is 4.79 Å². The van der Waals surface area contributed by atoms with Crippen LogP contribution in [0, 0.1) is 0 Å². The highest BCUT2D eigenvalue weighted by molar-refractivity contribution is 6.30. The molecule has 0 saturated heterocycles. The van der Waals surface area contributed by atoms with Crippen molar-refractivity contribution in [3.05, 3.63) is 126 Å². The minimum absolute atomic E-state index is 0.0578. The number of carbonyl (C=O) groups excluding carboxylic acids is 1. The molecule has 0 bridgehead atoms. The number of aromatic nitrogens is 1. The lowest BCUT2D eigenvalue weighted by Crippen LogP contribution is -2.01. The number of carbonyl (C=O) groups is 1. The van der Waals surface area contributed by atoms with E-state index in [-0.39, 0.29) is 5.78 Å². The quantitative estimate of drug-likeness (QED) is 0.248. The molecule has 0 aliphatic rings. The van der Waals surface area contributed by atoms with Crippen molar-refractivity contribution in [2.75, 3.05) is 0 Å². The SMILES string of the molecule is CC(=O)c1ccc(-n2c(-c3ccccc3)cc(-c3ccc(Cl)cc3)c2-c2ccccc2)cc1. The lowest BCUT2D eigenvalue weighted by Gasteiger charge is -2.16. The molecule has 5 rings (SSSR count). The standard InChI is InChI=1S/C30H22ClNO/c1-21(33)22-14-18-27(19-15-22)32-29(24-8-4-2-5-9-24)20-28(23-12-16-26(31)17-13-23)30(32)25-10-6-3-7-11-25/h2-20H,1H3. The third-order valence-corrected chi connectivity index (χ3v) is 6.06. The molecule has 0 atom stereocenters. The van der Waals surface area contributed by atoms with Gasteiger partial charge >= 0.3 is 0 Å². The van der Waals surface area contributed by atoms with Crippen molar-refractivity contribution in [3.8, 4) is 39.3 Å². The number of rotatable bonds is 5. The van der Waals surface area contributed by atoms with Crippen molar-refractivity contribution in [2.24, 2.45) is 0 Å². The van der Waals surface area contributed by atoms with Gasteiger partial charge in [-0.2, -0.15) is 0 Å². The number of hydrogen-bond acceptors (Lipinski definition) is 1. The summed E-state index contributed by atoms with van der Waals surface area (Å²) < 4.78 is 2.28. The molecule has 0 N–H and O–H groups in total. The molecule has 0 amide bonds. The largest absolute Gasteiger partial charge is 0.309 e. The zero-order chi connectivity index (χ0) is 22.8. The minimum atomic E-state index is 0.0578. The summed E-state index contributed by atoms with van der Waals surface area (Å²) in [6.07, 6.45) is 0. The van der Waals surface area contributed by atoms with Gasteiger partial charge in [-0.1, -0.05) is 84.4 Å². The van der Waals surface area contributed by atoms with Gasteiger partial charge in [0.2, 0.25) is 0 Å². The molecule has 3 heteroatoms. The van der Waals surface area contributed by atoms with Gasteiger partial charge in [-0.15, -0.1) is 0 Å². The average molecular weight is 448 g/mol. The predicted molar refractivity (Wildman–Crippen MR) is 137 cm³/mol. The maximum Gasteiger partial charge on any atom is 0.159 e. The summed E-state index contributed by atoms with van der Waals surface area (Å²) in [7, 11) is 0. The van der Waals surface area contributed by atoms with Crippen LogP contribution in [0.25, 0.3) is 39.3 Å². The Kier molecular flexibility index (Phi) is 5.68. The third kappa shape index (κ3) is 4.13. The Morgan fingerprint density at radius 1 is 0.667 bits per heavy atom. The van der Waals surface area contributed by atoms with E-state index in [1.165, 1.54) is 0 Å². The minimum Gasteiger partial charge on any atom is -0.309 e. The van der Waals surface area contributed by atoms with Gasteiger partial charge in [-0.05, 0) is 66.1 Å². The van der Waals surface area contributed by atoms with E-state index in [4.69, 9.17) is 11.6 Å². The average Bonchev–Trinajstić information content (AvgIpc) is 3.26. The van der Waals surface area contributed by atoms with Crippen LogP contribution in [0.15, 0.2) is 115 Å². The zero-order valence-electron chi connectivity index (χ0n) is 18.2. The van der Waals surface area contributed by atoms with Crippen molar-refractivity contribution >= 4 is 17.4 Å². The van der Waals surface area contributed by atoms with Gasteiger partial charge in [0.05, 0.1) is 11.4 Å².